The maximum atomic E-state index is 4.17. The van der Waals surface area contributed by atoms with Crippen LogP contribution < -0.4 is 10.2 Å². The van der Waals surface area contributed by atoms with Crippen LogP contribution in [0.5, 0.6) is 0 Å². The molecular weight excluding hydrogens is 174 g/mol. The maximum absolute atomic E-state index is 4.17. The van der Waals surface area contributed by atoms with Crippen LogP contribution in [-0.4, -0.2) is 30.7 Å². The average Bonchev–Trinajstić information content (AvgIpc) is 2.30. The summed E-state index contributed by atoms with van der Waals surface area (Å²) in [6.07, 6.45) is 4.96. The zero-order valence-corrected chi connectivity index (χ0v) is 8.61. The zero-order valence-electron chi connectivity index (χ0n) is 8.61. The van der Waals surface area contributed by atoms with E-state index in [2.05, 4.69) is 28.2 Å². The lowest BCUT2D eigenvalue weighted by Crippen LogP contribution is -2.51. The highest BCUT2D eigenvalue weighted by atomic mass is 15.2. The third-order valence-corrected chi connectivity index (χ3v) is 2.80. The van der Waals surface area contributed by atoms with Crippen molar-refractivity contribution in [3.63, 3.8) is 0 Å². The second-order valence-electron chi connectivity index (χ2n) is 3.67. The van der Waals surface area contributed by atoms with Crippen LogP contribution in [0.15, 0.2) is 24.5 Å². The summed E-state index contributed by atoms with van der Waals surface area (Å²) in [7, 11) is 0. The van der Waals surface area contributed by atoms with E-state index in [1.54, 1.807) is 0 Å². The normalized spacial score (nSPS) is 22.4. The molecule has 1 fully saturated rings. The van der Waals surface area contributed by atoms with Gasteiger partial charge in [-0.25, -0.2) is 0 Å². The molecule has 0 aromatic carbocycles. The van der Waals surface area contributed by atoms with E-state index in [0.29, 0.717) is 6.04 Å². The Balaban J connectivity index is 2.15. The molecule has 1 N–H and O–H groups in total. The lowest BCUT2D eigenvalue weighted by molar-refractivity contribution is 0.466. The lowest BCUT2D eigenvalue weighted by atomic mass is 10.1. The summed E-state index contributed by atoms with van der Waals surface area (Å²) < 4.78 is 0. The Bertz CT molecular complexity index is 273. The van der Waals surface area contributed by atoms with Crippen molar-refractivity contribution in [3.05, 3.63) is 24.5 Å². The number of piperazine rings is 1. The van der Waals surface area contributed by atoms with Gasteiger partial charge in [0.1, 0.15) is 0 Å². The molecule has 1 saturated heterocycles. The lowest BCUT2D eigenvalue weighted by Gasteiger charge is -2.37. The Morgan fingerprint density at radius 1 is 1.64 bits per heavy atom. The third kappa shape index (κ3) is 1.87. The molecule has 14 heavy (non-hydrogen) atoms. The van der Waals surface area contributed by atoms with Gasteiger partial charge in [-0.2, -0.15) is 0 Å². The molecule has 2 heterocycles. The summed E-state index contributed by atoms with van der Waals surface area (Å²) in [5.74, 6) is 0. The highest BCUT2D eigenvalue weighted by Crippen LogP contribution is 2.17. The van der Waals surface area contributed by atoms with Gasteiger partial charge in [-0.15, -0.1) is 0 Å². The summed E-state index contributed by atoms with van der Waals surface area (Å²) in [4.78, 5) is 6.61. The van der Waals surface area contributed by atoms with Gasteiger partial charge in [-0.3, -0.25) is 4.98 Å². The highest BCUT2D eigenvalue weighted by molar-refractivity contribution is 5.45. The average molecular weight is 191 g/mol. The third-order valence-electron chi connectivity index (χ3n) is 2.80. The van der Waals surface area contributed by atoms with Crippen LogP contribution in [-0.2, 0) is 0 Å². The van der Waals surface area contributed by atoms with Crippen LogP contribution >= 0.6 is 0 Å². The molecule has 0 aliphatic carbocycles. The number of rotatable bonds is 2. The van der Waals surface area contributed by atoms with Crippen LogP contribution in [0.3, 0.4) is 0 Å². The Morgan fingerprint density at radius 2 is 2.57 bits per heavy atom. The SMILES string of the molecule is CCC1CNCCN1c1cccnc1. The first-order chi connectivity index (χ1) is 6.92. The second-order valence-corrected chi connectivity index (χ2v) is 3.67. The van der Waals surface area contributed by atoms with Crippen LogP contribution in [0.1, 0.15) is 13.3 Å². The number of hydrogen-bond donors (Lipinski definition) is 1. The molecule has 3 heteroatoms. The van der Waals surface area contributed by atoms with Crippen molar-refractivity contribution in [1.29, 1.82) is 0 Å². The molecule has 1 aliphatic rings. The molecule has 0 bridgehead atoms. The van der Waals surface area contributed by atoms with E-state index in [9.17, 15) is 0 Å². The highest BCUT2D eigenvalue weighted by Gasteiger charge is 2.20. The molecule has 2 rings (SSSR count). The van der Waals surface area contributed by atoms with Gasteiger partial charge in [-0.1, -0.05) is 6.92 Å². The Morgan fingerprint density at radius 3 is 3.29 bits per heavy atom. The van der Waals surface area contributed by atoms with Gasteiger partial charge in [0.05, 0.1) is 11.9 Å². The van der Waals surface area contributed by atoms with Crippen molar-refractivity contribution in [2.45, 2.75) is 19.4 Å². The minimum absolute atomic E-state index is 0.618. The van der Waals surface area contributed by atoms with E-state index in [-0.39, 0.29) is 0 Å². The fourth-order valence-electron chi connectivity index (χ4n) is 1.99. The van der Waals surface area contributed by atoms with Gasteiger partial charge in [0.25, 0.3) is 0 Å². The number of anilines is 1. The number of pyridine rings is 1. The number of hydrogen-bond acceptors (Lipinski definition) is 3. The van der Waals surface area contributed by atoms with E-state index in [0.717, 1.165) is 19.6 Å². The van der Waals surface area contributed by atoms with Crippen LogP contribution in [0.2, 0.25) is 0 Å². The molecular formula is C11H17N3. The Hall–Kier alpha value is -1.09. The first-order valence-electron chi connectivity index (χ1n) is 5.29. The fraction of sp³-hybridized carbons (Fsp3) is 0.545. The Kier molecular flexibility index (Phi) is 2.99. The van der Waals surface area contributed by atoms with Gasteiger partial charge >= 0.3 is 0 Å². The predicted octanol–water partition coefficient (Wildman–Crippen LogP) is 1.27. The predicted molar refractivity (Wildman–Crippen MR) is 58.5 cm³/mol. The van der Waals surface area contributed by atoms with Gasteiger partial charge in [-0.05, 0) is 18.6 Å². The number of nitrogens with zero attached hydrogens (tertiary/aromatic N) is 2. The van der Waals surface area contributed by atoms with E-state index in [1.165, 1.54) is 12.1 Å². The van der Waals surface area contributed by atoms with Crippen LogP contribution in [0.25, 0.3) is 0 Å². The van der Waals surface area contributed by atoms with E-state index >= 15 is 0 Å². The molecule has 1 unspecified atom stereocenters. The molecule has 1 aliphatic heterocycles. The van der Waals surface area contributed by atoms with Crippen molar-refractivity contribution in [1.82, 2.24) is 10.3 Å². The number of aromatic nitrogens is 1. The van der Waals surface area contributed by atoms with E-state index < -0.39 is 0 Å². The summed E-state index contributed by atoms with van der Waals surface area (Å²) in [5, 5.41) is 3.42. The fourth-order valence-corrected chi connectivity index (χ4v) is 1.99. The van der Waals surface area contributed by atoms with Gasteiger partial charge in [0.2, 0.25) is 0 Å². The smallest absolute Gasteiger partial charge is 0.0556 e. The molecule has 3 nitrogen and oxygen atoms in total. The van der Waals surface area contributed by atoms with Crippen molar-refractivity contribution in [2.24, 2.45) is 0 Å². The molecule has 0 radical (unpaired) electrons. The maximum Gasteiger partial charge on any atom is 0.0556 e. The summed E-state index contributed by atoms with van der Waals surface area (Å²) in [6.45, 7) is 5.49. The molecule has 76 valence electrons. The monoisotopic (exact) mass is 191 g/mol. The molecule has 0 saturated carbocycles. The molecule has 1 aromatic rings. The van der Waals surface area contributed by atoms with Crippen molar-refractivity contribution < 1.29 is 0 Å². The number of nitrogens with one attached hydrogen (secondary N) is 1. The topological polar surface area (TPSA) is 28.2 Å². The van der Waals surface area contributed by atoms with Crippen molar-refractivity contribution in [3.8, 4) is 0 Å². The van der Waals surface area contributed by atoms with Gasteiger partial charge < -0.3 is 10.2 Å². The van der Waals surface area contributed by atoms with E-state index in [1.807, 2.05) is 18.5 Å². The van der Waals surface area contributed by atoms with Gasteiger partial charge in [0, 0.05) is 31.9 Å². The van der Waals surface area contributed by atoms with Crippen molar-refractivity contribution >= 4 is 5.69 Å². The first kappa shape index (κ1) is 9.46. The van der Waals surface area contributed by atoms with Gasteiger partial charge in [0.15, 0.2) is 0 Å². The molecule has 1 atom stereocenters. The van der Waals surface area contributed by atoms with E-state index in [4.69, 9.17) is 0 Å². The minimum atomic E-state index is 0.618. The Labute approximate surface area is 85.1 Å². The first-order valence-corrected chi connectivity index (χ1v) is 5.29. The van der Waals surface area contributed by atoms with Crippen molar-refractivity contribution in [2.75, 3.05) is 24.5 Å². The second kappa shape index (κ2) is 4.42. The molecule has 1 aromatic heterocycles. The summed E-state index contributed by atoms with van der Waals surface area (Å²) >= 11 is 0. The summed E-state index contributed by atoms with van der Waals surface area (Å²) in [6, 6.07) is 4.76. The largest absolute Gasteiger partial charge is 0.365 e. The zero-order chi connectivity index (χ0) is 9.80. The van der Waals surface area contributed by atoms with Crippen LogP contribution in [0, 0.1) is 0 Å². The standard InChI is InChI=1S/C11H17N3/c1-2-10-8-13-6-7-14(10)11-4-3-5-12-9-11/h3-5,9-10,13H,2,6-8H2,1H3. The quantitative estimate of drug-likeness (QED) is 0.763. The summed E-state index contributed by atoms with van der Waals surface area (Å²) in [5.41, 5.74) is 1.25. The minimum Gasteiger partial charge on any atom is -0.365 e. The van der Waals surface area contributed by atoms with Crippen LogP contribution in [0.4, 0.5) is 5.69 Å². The molecule has 0 amide bonds. The molecule has 0 spiro atoms.